The largest absolute Gasteiger partial charge is 0.491 e. The molecule has 71 heavy (non-hydrogen) atoms. The fraction of sp³-hybridized carbons (Fsp3) is 0.462. The van der Waals surface area contributed by atoms with Gasteiger partial charge in [0.2, 0.25) is 17.7 Å². The Morgan fingerprint density at radius 1 is 0.831 bits per heavy atom. The first-order chi connectivity index (χ1) is 34.6. The molecule has 5 fully saturated rings. The van der Waals surface area contributed by atoms with Gasteiger partial charge in [-0.25, -0.2) is 4.39 Å². The van der Waals surface area contributed by atoms with Crippen LogP contribution in [0.25, 0.3) is 32.9 Å². The predicted molar refractivity (Wildman–Crippen MR) is 259 cm³/mol. The Kier molecular flexibility index (Phi) is 13.1. The summed E-state index contributed by atoms with van der Waals surface area (Å²) in [4.78, 5) is 85.5. The van der Waals surface area contributed by atoms with Gasteiger partial charge in [0.15, 0.2) is 5.82 Å². The number of piperidine rings is 2. The standard InChI is InChI=1S/C52H57FN10O8/c1-60-28-34(61-18-15-31(16-19-61)48(65)54-17-20-69-21-22-70-36-11-12-39-40(24-36)51(68)63(50(39)67)42-13-14-43(64)57-49(42)66)23-35(60)29-71-52-58-46-41(47(59-52)62-26-32-9-10-33(27-62)56-32)25-55-45(44(46)53)38-8-4-6-30-5-2-3-7-37(30)38/h2-8,11-12,24-25,31-35,42,56H,9-10,13-23,26-29H2,1H3,(H,54,65)(H,57,64,66)/t32?,33?,34-,35-,42?/m0/s1. The summed E-state index contributed by atoms with van der Waals surface area (Å²) in [5, 5.41) is 11.4. The van der Waals surface area contributed by atoms with Crippen LogP contribution >= 0.6 is 0 Å². The van der Waals surface area contributed by atoms with Gasteiger partial charge in [-0.3, -0.25) is 49.0 Å². The summed E-state index contributed by atoms with van der Waals surface area (Å²) in [6.45, 7) is 5.43. The Hall–Kier alpha value is -6.67. The zero-order valence-corrected chi connectivity index (χ0v) is 39.6. The molecule has 6 aliphatic heterocycles. The van der Waals surface area contributed by atoms with Crippen molar-refractivity contribution < 1.29 is 42.6 Å². The number of anilines is 1. The SMILES string of the molecule is CN1C[C@@H](N2CCC(C(=O)NCCOCCOc3ccc4c(c3)C(=O)N(C3CCC(=O)NC3=O)C4=O)CC2)C[C@H]1COc1nc(N2CC3CCC(C2)N3)c2cnc(-c3cccc4ccccc34)c(F)c2n1. The van der Waals surface area contributed by atoms with E-state index in [4.69, 9.17) is 29.2 Å². The third-order valence-corrected chi connectivity index (χ3v) is 15.1. The second-order valence-corrected chi connectivity index (χ2v) is 19.6. The number of likely N-dealkylation sites (tertiary alicyclic amines) is 2. The van der Waals surface area contributed by atoms with Crippen LogP contribution in [-0.2, 0) is 19.1 Å². The minimum Gasteiger partial charge on any atom is -0.491 e. The van der Waals surface area contributed by atoms with Crippen LogP contribution in [0, 0.1) is 11.7 Å². The molecule has 3 unspecified atom stereocenters. The lowest BCUT2D eigenvalue weighted by atomic mass is 9.94. The van der Waals surface area contributed by atoms with Crippen molar-refractivity contribution in [3.05, 3.63) is 83.8 Å². The van der Waals surface area contributed by atoms with E-state index in [1.165, 1.54) is 12.1 Å². The molecule has 3 N–H and O–H groups in total. The molecular weight excluding hydrogens is 912 g/mol. The van der Waals surface area contributed by atoms with Gasteiger partial charge in [0.25, 0.3) is 11.8 Å². The van der Waals surface area contributed by atoms with Gasteiger partial charge in [0.1, 0.15) is 42.0 Å². The van der Waals surface area contributed by atoms with Crippen molar-refractivity contribution in [3.63, 3.8) is 0 Å². The van der Waals surface area contributed by atoms with Crippen molar-refractivity contribution in [3.8, 4) is 23.0 Å². The van der Waals surface area contributed by atoms with Crippen molar-refractivity contribution in [2.75, 3.05) is 77.6 Å². The van der Waals surface area contributed by atoms with Gasteiger partial charge >= 0.3 is 6.01 Å². The molecule has 6 aliphatic rings. The average molecular weight is 969 g/mol. The van der Waals surface area contributed by atoms with Gasteiger partial charge < -0.3 is 29.7 Å². The number of halogens is 1. The number of hydrogen-bond acceptors (Lipinski definition) is 15. The third-order valence-electron chi connectivity index (χ3n) is 15.1. The highest BCUT2D eigenvalue weighted by atomic mass is 19.1. The lowest BCUT2D eigenvalue weighted by Crippen LogP contribution is -2.54. The summed E-state index contributed by atoms with van der Waals surface area (Å²) in [6, 6.07) is 18.5. The molecule has 0 radical (unpaired) electrons. The van der Waals surface area contributed by atoms with Gasteiger partial charge in [0.05, 0.1) is 29.7 Å². The first kappa shape index (κ1) is 46.7. The molecule has 370 valence electrons. The molecule has 5 saturated heterocycles. The van der Waals surface area contributed by atoms with E-state index in [0.29, 0.717) is 60.4 Å². The molecule has 5 amide bonds. The Balaban J connectivity index is 0.642. The lowest BCUT2D eigenvalue weighted by molar-refractivity contribution is -0.136. The summed E-state index contributed by atoms with van der Waals surface area (Å²) in [6.07, 6.45) is 6.43. The number of imide groups is 2. The van der Waals surface area contributed by atoms with E-state index < -0.39 is 35.5 Å². The number of hydrogen-bond donors (Lipinski definition) is 3. The molecule has 5 aromatic rings. The molecule has 18 nitrogen and oxygen atoms in total. The number of ether oxygens (including phenoxy) is 3. The molecule has 19 heteroatoms. The number of fused-ring (bicyclic) bond motifs is 5. The molecule has 3 aromatic carbocycles. The Labute approximate surface area is 409 Å². The van der Waals surface area contributed by atoms with Crippen LogP contribution < -0.4 is 30.3 Å². The Morgan fingerprint density at radius 2 is 1.62 bits per heavy atom. The zero-order valence-electron chi connectivity index (χ0n) is 39.6. The normalized spacial score (nSPS) is 24.0. The molecule has 0 spiro atoms. The minimum absolute atomic E-state index is 0.0164. The van der Waals surface area contributed by atoms with Crippen LogP contribution in [0.3, 0.4) is 0 Å². The molecule has 0 aliphatic carbocycles. The quantitative estimate of drug-likeness (QED) is 0.101. The van der Waals surface area contributed by atoms with Crippen molar-refractivity contribution in [2.45, 2.75) is 75.2 Å². The van der Waals surface area contributed by atoms with Crippen LogP contribution in [0.15, 0.2) is 66.9 Å². The number of carbonyl (C=O) groups is 5. The van der Waals surface area contributed by atoms with Crippen LogP contribution in [0.5, 0.6) is 11.8 Å². The molecule has 0 saturated carbocycles. The second kappa shape index (κ2) is 19.9. The van der Waals surface area contributed by atoms with E-state index in [1.54, 1.807) is 12.3 Å². The van der Waals surface area contributed by atoms with Gasteiger partial charge in [-0.05, 0) is 87.6 Å². The van der Waals surface area contributed by atoms with Gasteiger partial charge in [0, 0.05) is 74.4 Å². The van der Waals surface area contributed by atoms with Crippen molar-refractivity contribution >= 4 is 57.0 Å². The Morgan fingerprint density at radius 3 is 2.44 bits per heavy atom. The molecule has 2 bridgehead atoms. The Bertz CT molecular complexity index is 2900. The predicted octanol–water partition coefficient (Wildman–Crippen LogP) is 3.70. The minimum atomic E-state index is -1.04. The molecule has 8 heterocycles. The van der Waals surface area contributed by atoms with Crippen molar-refractivity contribution in [1.82, 2.24) is 45.6 Å². The van der Waals surface area contributed by atoms with Crippen molar-refractivity contribution in [2.24, 2.45) is 5.92 Å². The lowest BCUT2D eigenvalue weighted by Gasteiger charge is -2.35. The van der Waals surface area contributed by atoms with Crippen LogP contribution in [-0.4, -0.2) is 162 Å². The van der Waals surface area contributed by atoms with Gasteiger partial charge in [-0.15, -0.1) is 0 Å². The fourth-order valence-electron chi connectivity index (χ4n) is 11.4. The summed E-state index contributed by atoms with van der Waals surface area (Å²) < 4.78 is 34.8. The molecule has 11 rings (SSSR count). The number of amides is 5. The molecule has 5 atom stereocenters. The monoisotopic (exact) mass is 968 g/mol. The highest BCUT2D eigenvalue weighted by Gasteiger charge is 2.45. The maximum atomic E-state index is 16.9. The third kappa shape index (κ3) is 9.38. The second-order valence-electron chi connectivity index (χ2n) is 19.6. The maximum absolute atomic E-state index is 16.9. The zero-order chi connectivity index (χ0) is 48.8. The number of nitrogens with zero attached hydrogens (tertiary/aromatic N) is 7. The van der Waals surface area contributed by atoms with E-state index in [0.717, 1.165) is 80.5 Å². The van der Waals surface area contributed by atoms with Gasteiger partial charge in [-0.1, -0.05) is 42.5 Å². The van der Waals surface area contributed by atoms with E-state index >= 15 is 4.39 Å². The smallest absolute Gasteiger partial charge is 0.319 e. The topological polar surface area (TPSA) is 201 Å². The van der Waals surface area contributed by atoms with E-state index in [-0.39, 0.29) is 72.3 Å². The number of piperazine rings is 1. The number of benzene rings is 3. The van der Waals surface area contributed by atoms with Crippen LogP contribution in [0.2, 0.25) is 0 Å². The molecular formula is C52H57FN10O8. The maximum Gasteiger partial charge on any atom is 0.319 e. The number of nitrogens with one attached hydrogen (secondary N) is 3. The fourth-order valence-corrected chi connectivity index (χ4v) is 11.4. The first-order valence-electron chi connectivity index (χ1n) is 24.8. The first-order valence-corrected chi connectivity index (χ1v) is 24.8. The number of carbonyl (C=O) groups excluding carboxylic acids is 5. The summed E-state index contributed by atoms with van der Waals surface area (Å²) in [7, 11) is 2.10. The van der Waals surface area contributed by atoms with E-state index in [1.807, 2.05) is 42.5 Å². The number of rotatable bonds is 15. The summed E-state index contributed by atoms with van der Waals surface area (Å²) >= 11 is 0. The van der Waals surface area contributed by atoms with Crippen LogP contribution in [0.1, 0.15) is 65.7 Å². The van der Waals surface area contributed by atoms with Gasteiger partial charge in [-0.2, -0.15) is 9.97 Å². The summed E-state index contributed by atoms with van der Waals surface area (Å²) in [5.41, 5.74) is 1.48. The molecule has 2 aromatic heterocycles. The number of aromatic nitrogens is 3. The van der Waals surface area contributed by atoms with Crippen LogP contribution in [0.4, 0.5) is 10.2 Å². The summed E-state index contributed by atoms with van der Waals surface area (Å²) in [5.74, 6) is -1.81. The van der Waals surface area contributed by atoms with E-state index in [9.17, 15) is 24.0 Å². The highest BCUT2D eigenvalue weighted by molar-refractivity contribution is 6.23. The van der Waals surface area contributed by atoms with E-state index in [2.05, 4.69) is 37.7 Å². The highest BCUT2D eigenvalue weighted by Crippen LogP contribution is 2.37. The van der Waals surface area contributed by atoms with Crippen molar-refractivity contribution in [1.29, 1.82) is 0 Å². The number of pyridine rings is 1. The number of likely N-dealkylation sites (N-methyl/N-ethyl adjacent to an activating group) is 1. The average Bonchev–Trinajstić information content (AvgIpc) is 4.01.